The van der Waals surface area contributed by atoms with Gasteiger partial charge in [-0.15, -0.1) is 0 Å². The predicted molar refractivity (Wildman–Crippen MR) is 92.8 cm³/mol. The zero-order valence-electron chi connectivity index (χ0n) is 14.0. The van der Waals surface area contributed by atoms with Gasteiger partial charge in [0.05, 0.1) is 0 Å². The first-order valence-electron chi connectivity index (χ1n) is 7.96. The Bertz CT molecular complexity index is 553. The first-order valence-corrected chi connectivity index (χ1v) is 7.96. The van der Waals surface area contributed by atoms with Crippen LogP contribution in [0.1, 0.15) is 42.5 Å². The Morgan fingerprint density at radius 1 is 0.864 bits per heavy atom. The summed E-state index contributed by atoms with van der Waals surface area (Å²) in [5, 5.41) is 11.5. The smallest absolute Gasteiger partial charge is 0.130 e. The molecule has 0 amide bonds. The van der Waals surface area contributed by atoms with E-state index in [0.29, 0.717) is 5.92 Å². The second-order valence-electron chi connectivity index (χ2n) is 6.73. The minimum Gasteiger partial charge on any atom is -0.379 e. The van der Waals surface area contributed by atoms with Crippen LogP contribution in [-0.4, -0.2) is 11.1 Å². The molecule has 0 saturated carbocycles. The van der Waals surface area contributed by atoms with Crippen LogP contribution in [0.3, 0.4) is 0 Å². The van der Waals surface area contributed by atoms with Crippen LogP contribution in [0.4, 0.5) is 0 Å². The summed E-state index contributed by atoms with van der Waals surface area (Å²) >= 11 is 0. The molecule has 2 aromatic carbocycles. The monoisotopic (exact) mass is 297 g/mol. The summed E-state index contributed by atoms with van der Waals surface area (Å²) in [6, 6.07) is 15.7. The Morgan fingerprint density at radius 3 is 1.55 bits per heavy atom. The average molecular weight is 297 g/mol. The minimum absolute atomic E-state index is 0.349. The lowest BCUT2D eigenvalue weighted by atomic mass is 9.77. The Morgan fingerprint density at radius 2 is 1.23 bits per heavy atom. The van der Waals surface area contributed by atoms with Gasteiger partial charge < -0.3 is 10.8 Å². The maximum absolute atomic E-state index is 11.5. The predicted octanol–water partition coefficient (Wildman–Crippen LogP) is 3.91. The van der Waals surface area contributed by atoms with Gasteiger partial charge in [0.25, 0.3) is 0 Å². The minimum atomic E-state index is -1.16. The fourth-order valence-electron chi connectivity index (χ4n) is 2.89. The number of rotatable bonds is 5. The van der Waals surface area contributed by atoms with E-state index in [4.69, 9.17) is 5.73 Å². The molecule has 0 fully saturated rings. The van der Waals surface area contributed by atoms with Crippen molar-refractivity contribution in [2.45, 2.75) is 45.8 Å². The van der Waals surface area contributed by atoms with E-state index in [0.717, 1.165) is 17.5 Å². The number of aryl methyl sites for hydroxylation is 2. The normalized spacial score (nSPS) is 13.4. The van der Waals surface area contributed by atoms with Gasteiger partial charge in [0.1, 0.15) is 5.60 Å². The molecule has 0 radical (unpaired) electrons. The van der Waals surface area contributed by atoms with Gasteiger partial charge in [-0.2, -0.15) is 0 Å². The van der Waals surface area contributed by atoms with Crippen molar-refractivity contribution in [3.8, 4) is 0 Å². The maximum atomic E-state index is 11.5. The fraction of sp³-hybridized carbons (Fsp3) is 0.400. The molecule has 1 atom stereocenters. The highest BCUT2D eigenvalue weighted by Gasteiger charge is 2.38. The van der Waals surface area contributed by atoms with E-state index in [1.807, 2.05) is 62.4 Å². The van der Waals surface area contributed by atoms with Crippen molar-refractivity contribution in [2.24, 2.45) is 11.7 Å². The van der Waals surface area contributed by atoms with Gasteiger partial charge in [-0.25, -0.2) is 0 Å². The molecular formula is C20H27NO. The molecule has 0 bridgehead atoms. The highest BCUT2D eigenvalue weighted by molar-refractivity contribution is 5.40. The summed E-state index contributed by atoms with van der Waals surface area (Å²) in [6.45, 7) is 8.35. The van der Waals surface area contributed by atoms with E-state index in [9.17, 15) is 5.11 Å². The van der Waals surface area contributed by atoms with E-state index >= 15 is 0 Å². The lowest BCUT2D eigenvalue weighted by Crippen LogP contribution is -2.47. The Hall–Kier alpha value is -1.64. The molecule has 2 nitrogen and oxygen atoms in total. The highest BCUT2D eigenvalue weighted by atomic mass is 16.3. The van der Waals surface area contributed by atoms with Crippen LogP contribution in [-0.2, 0) is 5.60 Å². The van der Waals surface area contributed by atoms with Crippen molar-refractivity contribution < 1.29 is 5.11 Å². The van der Waals surface area contributed by atoms with Crippen molar-refractivity contribution in [3.63, 3.8) is 0 Å². The van der Waals surface area contributed by atoms with E-state index in [2.05, 4.69) is 13.8 Å². The first-order chi connectivity index (χ1) is 10.3. The van der Waals surface area contributed by atoms with Gasteiger partial charge in [0.2, 0.25) is 0 Å². The average Bonchev–Trinajstić information content (AvgIpc) is 2.47. The molecule has 3 N–H and O–H groups in total. The topological polar surface area (TPSA) is 46.2 Å². The molecule has 0 aromatic heterocycles. The molecule has 0 aliphatic heterocycles. The zero-order chi connectivity index (χ0) is 16.3. The van der Waals surface area contributed by atoms with Gasteiger partial charge in [0.15, 0.2) is 0 Å². The summed E-state index contributed by atoms with van der Waals surface area (Å²) in [7, 11) is 0. The molecule has 2 aromatic rings. The second-order valence-corrected chi connectivity index (χ2v) is 6.73. The standard InChI is InChI=1S/C20H27NO/c1-14(2)13-19(21)20(22,17-9-5-15(3)6-10-17)18-11-7-16(4)8-12-18/h5-12,14,19,22H,13,21H2,1-4H3. The summed E-state index contributed by atoms with van der Waals surface area (Å²) < 4.78 is 0. The van der Waals surface area contributed by atoms with Crippen LogP contribution in [0.2, 0.25) is 0 Å². The van der Waals surface area contributed by atoms with Gasteiger partial charge in [-0.3, -0.25) is 0 Å². The molecule has 0 aliphatic rings. The number of aliphatic hydroxyl groups is 1. The van der Waals surface area contributed by atoms with E-state index < -0.39 is 5.60 Å². The van der Waals surface area contributed by atoms with Crippen LogP contribution in [0.5, 0.6) is 0 Å². The van der Waals surface area contributed by atoms with E-state index in [-0.39, 0.29) is 6.04 Å². The van der Waals surface area contributed by atoms with Crippen LogP contribution >= 0.6 is 0 Å². The SMILES string of the molecule is Cc1ccc(C(O)(c2ccc(C)cc2)C(N)CC(C)C)cc1. The summed E-state index contributed by atoms with van der Waals surface area (Å²) in [4.78, 5) is 0. The lowest BCUT2D eigenvalue weighted by Gasteiger charge is -2.36. The molecule has 0 aliphatic carbocycles. The molecule has 0 saturated heterocycles. The molecular weight excluding hydrogens is 270 g/mol. The van der Waals surface area contributed by atoms with Gasteiger partial charge in [-0.1, -0.05) is 73.5 Å². The Labute approximate surface area is 134 Å². The number of benzene rings is 2. The fourth-order valence-corrected chi connectivity index (χ4v) is 2.89. The van der Waals surface area contributed by atoms with Crippen molar-refractivity contribution >= 4 is 0 Å². The third kappa shape index (κ3) is 3.40. The lowest BCUT2D eigenvalue weighted by molar-refractivity contribution is 0.0442. The Balaban J connectivity index is 2.52. The van der Waals surface area contributed by atoms with Gasteiger partial charge in [-0.05, 0) is 37.3 Å². The van der Waals surface area contributed by atoms with Crippen LogP contribution in [0.15, 0.2) is 48.5 Å². The third-order valence-corrected chi connectivity index (χ3v) is 4.25. The molecule has 0 heterocycles. The van der Waals surface area contributed by atoms with Crippen LogP contribution in [0, 0.1) is 19.8 Å². The summed E-state index contributed by atoms with van der Waals surface area (Å²) in [6.07, 6.45) is 0.762. The van der Waals surface area contributed by atoms with Crippen LogP contribution < -0.4 is 5.73 Å². The number of nitrogens with two attached hydrogens (primary N) is 1. The first kappa shape index (κ1) is 16.7. The largest absolute Gasteiger partial charge is 0.379 e. The molecule has 22 heavy (non-hydrogen) atoms. The van der Waals surface area contributed by atoms with Crippen LogP contribution in [0.25, 0.3) is 0 Å². The molecule has 0 spiro atoms. The second kappa shape index (κ2) is 6.64. The maximum Gasteiger partial charge on any atom is 0.130 e. The quantitative estimate of drug-likeness (QED) is 0.879. The van der Waals surface area contributed by atoms with Crippen molar-refractivity contribution in [2.75, 3.05) is 0 Å². The summed E-state index contributed by atoms with van der Waals surface area (Å²) in [5.74, 6) is 0.428. The number of hydrogen-bond acceptors (Lipinski definition) is 2. The van der Waals surface area contributed by atoms with Gasteiger partial charge in [0, 0.05) is 6.04 Å². The van der Waals surface area contributed by atoms with E-state index in [1.165, 1.54) is 11.1 Å². The summed E-state index contributed by atoms with van der Waals surface area (Å²) in [5.41, 5.74) is 9.34. The van der Waals surface area contributed by atoms with Gasteiger partial charge >= 0.3 is 0 Å². The molecule has 2 rings (SSSR count). The van der Waals surface area contributed by atoms with Crippen molar-refractivity contribution in [1.82, 2.24) is 0 Å². The van der Waals surface area contributed by atoms with E-state index in [1.54, 1.807) is 0 Å². The third-order valence-electron chi connectivity index (χ3n) is 4.25. The molecule has 1 unspecified atom stereocenters. The highest BCUT2D eigenvalue weighted by Crippen LogP contribution is 2.35. The molecule has 118 valence electrons. The zero-order valence-corrected chi connectivity index (χ0v) is 14.0. The Kier molecular flexibility index (Phi) is 5.05. The van der Waals surface area contributed by atoms with Crippen molar-refractivity contribution in [3.05, 3.63) is 70.8 Å². The molecule has 2 heteroatoms. The van der Waals surface area contributed by atoms with Crippen molar-refractivity contribution in [1.29, 1.82) is 0 Å². The number of hydrogen-bond donors (Lipinski definition) is 2.